The van der Waals surface area contributed by atoms with E-state index in [1.807, 2.05) is 0 Å². The molecule has 0 unspecified atom stereocenters. The summed E-state index contributed by atoms with van der Waals surface area (Å²) in [6.45, 7) is 1.91. The van der Waals surface area contributed by atoms with Crippen molar-refractivity contribution in [3.63, 3.8) is 0 Å². The Labute approximate surface area is 168 Å². The summed E-state index contributed by atoms with van der Waals surface area (Å²) in [5.41, 5.74) is -3.84. The van der Waals surface area contributed by atoms with Crippen molar-refractivity contribution in [2.24, 2.45) is 11.8 Å². The number of aliphatic hydroxyl groups is 1. The molecule has 4 saturated heterocycles. The number of anilines is 1. The van der Waals surface area contributed by atoms with Crippen LogP contribution in [0.25, 0.3) is 0 Å². The van der Waals surface area contributed by atoms with Gasteiger partial charge in [-0.2, -0.15) is 18.4 Å². The van der Waals surface area contributed by atoms with Crippen LogP contribution in [0.4, 0.5) is 18.9 Å². The van der Waals surface area contributed by atoms with E-state index in [2.05, 4.69) is 0 Å². The molecule has 0 aliphatic carbocycles. The lowest BCUT2D eigenvalue weighted by molar-refractivity contribution is -0.143. The molecule has 1 amide bonds. The SMILES string of the molecule is C[C@]12O[C@@]3(CCO[C@H]4[C@@H]3[C@@H]1C(=O)N4c1cc(Cl)c(C#N)c(C(F)(F)F)c1)C[C@H]2O. The highest BCUT2D eigenvalue weighted by molar-refractivity contribution is 6.32. The molecule has 4 aliphatic heterocycles. The second-order valence-electron chi connectivity index (χ2n) is 8.25. The highest BCUT2D eigenvalue weighted by Gasteiger charge is 2.78. The van der Waals surface area contributed by atoms with Gasteiger partial charge in [-0.25, -0.2) is 0 Å². The summed E-state index contributed by atoms with van der Waals surface area (Å²) in [5.74, 6) is -1.61. The van der Waals surface area contributed by atoms with Gasteiger partial charge in [-0.1, -0.05) is 11.6 Å². The van der Waals surface area contributed by atoms with Crippen molar-refractivity contribution < 1.29 is 32.5 Å². The number of nitriles is 1. The van der Waals surface area contributed by atoms with Gasteiger partial charge >= 0.3 is 6.18 Å². The van der Waals surface area contributed by atoms with Crippen molar-refractivity contribution in [2.75, 3.05) is 11.5 Å². The van der Waals surface area contributed by atoms with E-state index in [-0.39, 0.29) is 12.3 Å². The Morgan fingerprint density at radius 3 is 2.79 bits per heavy atom. The second-order valence-corrected chi connectivity index (χ2v) is 8.66. The minimum Gasteiger partial charge on any atom is -0.390 e. The van der Waals surface area contributed by atoms with Crippen LogP contribution in [0.2, 0.25) is 5.02 Å². The summed E-state index contributed by atoms with van der Waals surface area (Å²) in [7, 11) is 0. The fourth-order valence-electron chi connectivity index (χ4n) is 5.67. The minimum absolute atomic E-state index is 0.0831. The average Bonchev–Trinajstić information content (AvgIpc) is 3.17. The molecule has 6 nitrogen and oxygen atoms in total. The maximum absolute atomic E-state index is 13.5. The molecule has 4 aliphatic rings. The summed E-state index contributed by atoms with van der Waals surface area (Å²) < 4.78 is 52.5. The van der Waals surface area contributed by atoms with Crippen molar-refractivity contribution in [2.45, 2.75) is 49.5 Å². The van der Waals surface area contributed by atoms with Gasteiger partial charge in [0.05, 0.1) is 40.4 Å². The predicted octanol–water partition coefficient (Wildman–Crippen LogP) is 2.85. The molecule has 4 fully saturated rings. The number of ether oxygens (including phenoxy) is 2. The van der Waals surface area contributed by atoms with Gasteiger partial charge in [0.25, 0.3) is 0 Å². The first-order valence-electron chi connectivity index (χ1n) is 9.17. The minimum atomic E-state index is -4.82. The van der Waals surface area contributed by atoms with Gasteiger partial charge < -0.3 is 14.6 Å². The zero-order valence-corrected chi connectivity index (χ0v) is 15.9. The van der Waals surface area contributed by atoms with Crippen LogP contribution < -0.4 is 4.90 Å². The molecular weight excluding hydrogens is 413 g/mol. The maximum atomic E-state index is 13.5. The van der Waals surface area contributed by atoms with E-state index in [1.165, 1.54) is 17.0 Å². The summed E-state index contributed by atoms with van der Waals surface area (Å²) in [4.78, 5) is 14.5. The second kappa shape index (κ2) is 5.64. The van der Waals surface area contributed by atoms with E-state index < -0.39 is 63.6 Å². The van der Waals surface area contributed by atoms with Crippen LogP contribution in [0.3, 0.4) is 0 Å². The highest BCUT2D eigenvalue weighted by atomic mass is 35.5. The number of amides is 1. The molecule has 2 bridgehead atoms. The maximum Gasteiger partial charge on any atom is 0.417 e. The first-order valence-corrected chi connectivity index (χ1v) is 9.55. The molecule has 29 heavy (non-hydrogen) atoms. The zero-order chi connectivity index (χ0) is 20.9. The van der Waals surface area contributed by atoms with Gasteiger partial charge in [0.15, 0.2) is 0 Å². The van der Waals surface area contributed by atoms with Crippen LogP contribution in [0, 0.1) is 23.2 Å². The fourth-order valence-corrected chi connectivity index (χ4v) is 5.92. The molecule has 1 aromatic carbocycles. The standard InChI is InChI=1S/C19H16ClF3N2O4/c1-17-12(26)6-18(29-17)2-3-28-16-14(18)13(17)15(27)25(16)8-4-10(19(21,22)23)9(7-24)11(20)5-8/h4-5,12-14,16,26H,2-3,6H2,1H3/t12-,13-,14+,16+,17-,18+/m1/s1. The zero-order valence-electron chi connectivity index (χ0n) is 15.2. The number of carbonyl (C=O) groups is 1. The molecule has 1 N–H and O–H groups in total. The van der Waals surface area contributed by atoms with E-state index in [0.717, 1.165) is 6.07 Å². The molecule has 0 radical (unpaired) electrons. The van der Waals surface area contributed by atoms with Crippen LogP contribution in [0.5, 0.6) is 0 Å². The quantitative estimate of drug-likeness (QED) is 0.743. The lowest BCUT2D eigenvalue weighted by Gasteiger charge is -2.42. The Balaban J connectivity index is 1.65. The summed E-state index contributed by atoms with van der Waals surface area (Å²) >= 11 is 5.97. The molecule has 6 atom stereocenters. The summed E-state index contributed by atoms with van der Waals surface area (Å²) in [6.07, 6.45) is -5.63. The largest absolute Gasteiger partial charge is 0.417 e. The van der Waals surface area contributed by atoms with Crippen LogP contribution in [-0.2, 0) is 20.4 Å². The smallest absolute Gasteiger partial charge is 0.390 e. The Hall–Kier alpha value is -1.86. The molecule has 0 saturated carbocycles. The Morgan fingerprint density at radius 2 is 2.14 bits per heavy atom. The first-order chi connectivity index (χ1) is 13.5. The monoisotopic (exact) mass is 428 g/mol. The molecule has 0 aromatic heterocycles. The van der Waals surface area contributed by atoms with Gasteiger partial charge in [-0.05, 0) is 19.1 Å². The van der Waals surface area contributed by atoms with E-state index in [9.17, 15) is 23.1 Å². The normalized spacial score (nSPS) is 40.3. The third kappa shape index (κ3) is 2.26. The number of aliphatic hydroxyl groups excluding tert-OH is 1. The van der Waals surface area contributed by atoms with Crippen molar-refractivity contribution in [3.05, 3.63) is 28.3 Å². The molecule has 1 aromatic rings. The Kier molecular flexibility index (Phi) is 3.72. The molecule has 10 heteroatoms. The number of halogens is 4. The predicted molar refractivity (Wildman–Crippen MR) is 92.8 cm³/mol. The van der Waals surface area contributed by atoms with Crippen LogP contribution >= 0.6 is 11.6 Å². The van der Waals surface area contributed by atoms with Crippen LogP contribution in [0.1, 0.15) is 30.9 Å². The van der Waals surface area contributed by atoms with Crippen LogP contribution in [0.15, 0.2) is 12.1 Å². The van der Waals surface area contributed by atoms with Crippen molar-refractivity contribution in [1.29, 1.82) is 5.26 Å². The van der Waals surface area contributed by atoms with Gasteiger partial charge in [-0.15, -0.1) is 0 Å². The fraction of sp³-hybridized carbons (Fsp3) is 0.579. The molecule has 5 rings (SSSR count). The number of carbonyl (C=O) groups excluding carboxylic acids is 1. The van der Waals surface area contributed by atoms with Crippen molar-refractivity contribution >= 4 is 23.2 Å². The lowest BCUT2D eigenvalue weighted by Crippen LogP contribution is -2.53. The molecule has 154 valence electrons. The number of rotatable bonds is 1. The number of benzene rings is 1. The van der Waals surface area contributed by atoms with Gasteiger partial charge in [0.1, 0.15) is 17.9 Å². The third-order valence-electron chi connectivity index (χ3n) is 6.86. The molecule has 1 spiro atoms. The molecular formula is C19H16ClF3N2O4. The number of alkyl halides is 3. The van der Waals surface area contributed by atoms with E-state index in [0.29, 0.717) is 12.8 Å². The van der Waals surface area contributed by atoms with Gasteiger partial charge in [-0.3, -0.25) is 9.69 Å². The van der Waals surface area contributed by atoms with E-state index >= 15 is 0 Å². The van der Waals surface area contributed by atoms with Gasteiger partial charge in [0.2, 0.25) is 5.91 Å². The number of hydrogen-bond acceptors (Lipinski definition) is 5. The summed E-state index contributed by atoms with van der Waals surface area (Å²) in [6, 6.07) is 3.42. The third-order valence-corrected chi connectivity index (χ3v) is 7.16. The Morgan fingerprint density at radius 1 is 1.41 bits per heavy atom. The van der Waals surface area contributed by atoms with E-state index in [4.69, 9.17) is 26.3 Å². The number of hydrogen-bond donors (Lipinski definition) is 1. The van der Waals surface area contributed by atoms with Crippen molar-refractivity contribution in [3.8, 4) is 6.07 Å². The summed E-state index contributed by atoms with van der Waals surface area (Å²) in [5, 5.41) is 19.2. The molecule has 4 heterocycles. The number of nitrogens with zero attached hydrogens (tertiary/aromatic N) is 2. The lowest BCUT2D eigenvalue weighted by atomic mass is 9.65. The van der Waals surface area contributed by atoms with Crippen molar-refractivity contribution in [1.82, 2.24) is 0 Å². The van der Waals surface area contributed by atoms with Crippen LogP contribution in [-0.4, -0.2) is 41.2 Å². The average molecular weight is 429 g/mol. The van der Waals surface area contributed by atoms with Gasteiger partial charge in [0, 0.05) is 24.4 Å². The highest BCUT2D eigenvalue weighted by Crippen LogP contribution is 2.65. The Bertz CT molecular complexity index is 979. The topological polar surface area (TPSA) is 82.8 Å². The number of fused-ring (bicyclic) bond motifs is 2. The van der Waals surface area contributed by atoms with E-state index in [1.54, 1.807) is 6.92 Å². The first kappa shape index (κ1) is 19.1.